The number of carbonyl (C=O) groups excluding carboxylic acids is 1. The zero-order chi connectivity index (χ0) is 7.56. The molecule has 0 radical (unpaired) electrons. The van der Waals surface area contributed by atoms with E-state index in [9.17, 15) is 4.79 Å². The van der Waals surface area contributed by atoms with E-state index in [0.717, 1.165) is 0 Å². The number of rotatable bonds is 1. The molecule has 3 heteroatoms. The van der Waals surface area contributed by atoms with Crippen LogP contribution in [0.15, 0.2) is 23.4 Å². The fourth-order valence-corrected chi connectivity index (χ4v) is 0.817. The number of allylic oxidation sites excluding steroid dienone is 3. The molecule has 0 unspecified atom stereocenters. The van der Waals surface area contributed by atoms with Gasteiger partial charge < -0.3 is 10.5 Å². The van der Waals surface area contributed by atoms with E-state index in [4.69, 9.17) is 5.73 Å². The van der Waals surface area contributed by atoms with Gasteiger partial charge in [0, 0.05) is 17.7 Å². The Labute approximate surface area is 59.2 Å². The second-order valence-electron chi connectivity index (χ2n) is 2.10. The smallest absolute Gasteiger partial charge is 0.334 e. The first kappa shape index (κ1) is 6.86. The van der Waals surface area contributed by atoms with Crippen molar-refractivity contribution in [1.82, 2.24) is 0 Å². The summed E-state index contributed by atoms with van der Waals surface area (Å²) in [6, 6.07) is 0. The summed E-state index contributed by atoms with van der Waals surface area (Å²) in [5, 5.41) is 0. The average molecular weight is 139 g/mol. The van der Waals surface area contributed by atoms with Crippen LogP contribution in [-0.4, -0.2) is 13.1 Å². The number of carbonyl (C=O) groups is 1. The summed E-state index contributed by atoms with van der Waals surface area (Å²) >= 11 is 0. The Bertz CT molecular complexity index is 216. The zero-order valence-electron chi connectivity index (χ0n) is 5.76. The minimum absolute atomic E-state index is 0.295. The molecule has 1 aliphatic carbocycles. The number of esters is 1. The highest BCUT2D eigenvalue weighted by molar-refractivity contribution is 5.90. The number of methoxy groups -OCH3 is 1. The SMILES string of the molecule is COC(=O)C1=CC=C(N)C1. The summed E-state index contributed by atoms with van der Waals surface area (Å²) in [5.41, 5.74) is 6.75. The summed E-state index contributed by atoms with van der Waals surface area (Å²) < 4.78 is 4.49. The Morgan fingerprint density at radius 2 is 2.40 bits per heavy atom. The van der Waals surface area contributed by atoms with Crippen molar-refractivity contribution >= 4 is 5.97 Å². The number of ether oxygens (including phenoxy) is 1. The van der Waals surface area contributed by atoms with Crippen LogP contribution in [0.25, 0.3) is 0 Å². The molecule has 0 aromatic carbocycles. The van der Waals surface area contributed by atoms with E-state index in [2.05, 4.69) is 4.74 Å². The fourth-order valence-electron chi connectivity index (χ4n) is 0.817. The molecule has 2 N–H and O–H groups in total. The molecule has 0 bridgehead atoms. The lowest BCUT2D eigenvalue weighted by Crippen LogP contribution is -2.05. The van der Waals surface area contributed by atoms with Crippen molar-refractivity contribution in [3.8, 4) is 0 Å². The van der Waals surface area contributed by atoms with E-state index in [1.54, 1.807) is 12.2 Å². The predicted molar refractivity (Wildman–Crippen MR) is 37.0 cm³/mol. The maximum absolute atomic E-state index is 10.8. The molecule has 1 rings (SSSR count). The molecule has 0 aliphatic heterocycles. The largest absolute Gasteiger partial charge is 0.466 e. The van der Waals surface area contributed by atoms with Crippen LogP contribution in [0.5, 0.6) is 0 Å². The minimum Gasteiger partial charge on any atom is -0.466 e. The highest BCUT2D eigenvalue weighted by atomic mass is 16.5. The first-order valence-corrected chi connectivity index (χ1v) is 2.97. The van der Waals surface area contributed by atoms with Crippen LogP contribution in [0.3, 0.4) is 0 Å². The highest BCUT2D eigenvalue weighted by Crippen LogP contribution is 2.15. The van der Waals surface area contributed by atoms with Crippen molar-refractivity contribution in [3.63, 3.8) is 0 Å². The van der Waals surface area contributed by atoms with E-state index in [-0.39, 0.29) is 5.97 Å². The van der Waals surface area contributed by atoms with Crippen LogP contribution in [0.1, 0.15) is 6.42 Å². The molecule has 1 aliphatic rings. The van der Waals surface area contributed by atoms with Gasteiger partial charge in [-0.3, -0.25) is 0 Å². The number of hydrogen-bond acceptors (Lipinski definition) is 3. The van der Waals surface area contributed by atoms with Gasteiger partial charge in [0.25, 0.3) is 0 Å². The Kier molecular flexibility index (Phi) is 1.76. The van der Waals surface area contributed by atoms with Crippen molar-refractivity contribution in [2.45, 2.75) is 6.42 Å². The molecule has 0 spiro atoms. The van der Waals surface area contributed by atoms with E-state index in [0.29, 0.717) is 17.7 Å². The first-order chi connectivity index (χ1) is 4.74. The topological polar surface area (TPSA) is 52.3 Å². The molecule has 54 valence electrons. The fraction of sp³-hybridized carbons (Fsp3) is 0.286. The van der Waals surface area contributed by atoms with Crippen LogP contribution in [-0.2, 0) is 9.53 Å². The van der Waals surface area contributed by atoms with E-state index in [1.807, 2.05) is 0 Å². The first-order valence-electron chi connectivity index (χ1n) is 2.97. The Morgan fingerprint density at radius 1 is 1.70 bits per heavy atom. The summed E-state index contributed by atoms with van der Waals surface area (Å²) in [7, 11) is 1.36. The second kappa shape index (κ2) is 2.56. The van der Waals surface area contributed by atoms with Crippen molar-refractivity contribution < 1.29 is 9.53 Å². The van der Waals surface area contributed by atoms with Gasteiger partial charge in [-0.1, -0.05) is 0 Å². The molecule has 0 aromatic rings. The van der Waals surface area contributed by atoms with Crippen LogP contribution in [0, 0.1) is 0 Å². The third-order valence-corrected chi connectivity index (χ3v) is 1.34. The van der Waals surface area contributed by atoms with Gasteiger partial charge >= 0.3 is 5.97 Å². The van der Waals surface area contributed by atoms with E-state index >= 15 is 0 Å². The van der Waals surface area contributed by atoms with Crippen molar-refractivity contribution in [2.24, 2.45) is 5.73 Å². The molecule has 0 atom stereocenters. The predicted octanol–water partition coefficient (Wildman–Crippen LogP) is 0.332. The van der Waals surface area contributed by atoms with Gasteiger partial charge in [0.2, 0.25) is 0 Å². The van der Waals surface area contributed by atoms with Gasteiger partial charge in [-0.15, -0.1) is 0 Å². The van der Waals surface area contributed by atoms with Crippen LogP contribution in [0.4, 0.5) is 0 Å². The molecular weight excluding hydrogens is 130 g/mol. The summed E-state index contributed by atoms with van der Waals surface area (Å²) in [6.45, 7) is 0. The summed E-state index contributed by atoms with van der Waals surface area (Å²) in [4.78, 5) is 10.8. The quantitative estimate of drug-likeness (QED) is 0.533. The van der Waals surface area contributed by atoms with Crippen molar-refractivity contribution in [2.75, 3.05) is 7.11 Å². The molecule has 0 amide bonds. The van der Waals surface area contributed by atoms with Crippen molar-refractivity contribution in [3.05, 3.63) is 23.4 Å². The molecule has 0 saturated heterocycles. The third-order valence-electron chi connectivity index (χ3n) is 1.34. The van der Waals surface area contributed by atoms with Gasteiger partial charge in [-0.25, -0.2) is 4.79 Å². The maximum atomic E-state index is 10.8. The Balaban J connectivity index is 2.57. The lowest BCUT2D eigenvalue weighted by molar-refractivity contribution is -0.136. The normalized spacial score (nSPS) is 16.1. The van der Waals surface area contributed by atoms with E-state index < -0.39 is 0 Å². The molecule has 0 aromatic heterocycles. The maximum Gasteiger partial charge on any atom is 0.334 e. The van der Waals surface area contributed by atoms with Crippen LogP contribution in [0.2, 0.25) is 0 Å². The van der Waals surface area contributed by atoms with Crippen molar-refractivity contribution in [1.29, 1.82) is 0 Å². The van der Waals surface area contributed by atoms with Crippen LogP contribution >= 0.6 is 0 Å². The lowest BCUT2D eigenvalue weighted by Gasteiger charge is -1.97. The summed E-state index contributed by atoms with van der Waals surface area (Å²) in [6.07, 6.45) is 3.92. The lowest BCUT2D eigenvalue weighted by atomic mass is 10.2. The third kappa shape index (κ3) is 1.18. The summed E-state index contributed by atoms with van der Waals surface area (Å²) in [5.74, 6) is -0.295. The zero-order valence-corrected chi connectivity index (χ0v) is 5.76. The number of hydrogen-bond donors (Lipinski definition) is 1. The minimum atomic E-state index is -0.295. The molecule has 0 saturated carbocycles. The van der Waals surface area contributed by atoms with Gasteiger partial charge in [0.15, 0.2) is 0 Å². The van der Waals surface area contributed by atoms with Gasteiger partial charge in [0.05, 0.1) is 7.11 Å². The number of nitrogens with two attached hydrogens (primary N) is 1. The Morgan fingerprint density at radius 3 is 2.80 bits per heavy atom. The van der Waals surface area contributed by atoms with Gasteiger partial charge in [0.1, 0.15) is 0 Å². The average Bonchev–Trinajstić information content (AvgIpc) is 2.34. The molecule has 10 heavy (non-hydrogen) atoms. The monoisotopic (exact) mass is 139 g/mol. The van der Waals surface area contributed by atoms with Gasteiger partial charge in [-0.05, 0) is 12.2 Å². The second-order valence-corrected chi connectivity index (χ2v) is 2.10. The molecule has 0 fully saturated rings. The standard InChI is InChI=1S/C7H9NO2/c1-10-7(9)5-2-3-6(8)4-5/h2-3H,4,8H2,1H3. The van der Waals surface area contributed by atoms with Gasteiger partial charge in [-0.2, -0.15) is 0 Å². The van der Waals surface area contributed by atoms with E-state index in [1.165, 1.54) is 7.11 Å². The molecule has 0 heterocycles. The molecular formula is C7H9NO2. The van der Waals surface area contributed by atoms with Crippen LogP contribution < -0.4 is 5.73 Å². The molecule has 3 nitrogen and oxygen atoms in total. The highest BCUT2D eigenvalue weighted by Gasteiger charge is 2.12. The Hall–Kier alpha value is -1.25.